The van der Waals surface area contributed by atoms with Crippen molar-refractivity contribution in [2.45, 2.75) is 6.18 Å². The number of amides is 1. The molecule has 5 nitrogen and oxygen atoms in total. The maximum absolute atomic E-state index is 12.3. The minimum Gasteiger partial charge on any atom is -0.274 e. The van der Waals surface area contributed by atoms with Crippen molar-refractivity contribution in [1.82, 2.24) is 14.8 Å². The molecule has 0 radical (unpaired) electrons. The highest BCUT2D eigenvalue weighted by atomic mass is 19.4. The highest BCUT2D eigenvalue weighted by Crippen LogP contribution is 2.28. The number of aromatic nitrogens is 2. The molecule has 0 aromatic carbocycles. The number of alkyl halides is 3. The number of carbonyl (C=O) groups is 1. The van der Waals surface area contributed by atoms with Crippen LogP contribution >= 0.6 is 0 Å². The van der Waals surface area contributed by atoms with Gasteiger partial charge >= 0.3 is 6.18 Å². The standard InChI is InChI=1S/C8H10F3N3O2/c1-13-5(7(15)14(2)16-3)4-6(12-13)8(9,10)11/h4H,1-3H3. The van der Waals surface area contributed by atoms with E-state index < -0.39 is 17.8 Å². The molecule has 0 aliphatic heterocycles. The van der Waals surface area contributed by atoms with Gasteiger partial charge in [-0.1, -0.05) is 0 Å². The Hall–Kier alpha value is -1.57. The molecule has 0 bridgehead atoms. The molecule has 0 saturated carbocycles. The predicted octanol–water partition coefficient (Wildman–Crippen LogP) is 1.07. The minimum atomic E-state index is -4.57. The summed E-state index contributed by atoms with van der Waals surface area (Å²) in [5.41, 5.74) is -1.31. The van der Waals surface area contributed by atoms with Crippen LogP contribution in [-0.4, -0.2) is 34.9 Å². The topological polar surface area (TPSA) is 47.4 Å². The van der Waals surface area contributed by atoms with E-state index in [4.69, 9.17) is 0 Å². The van der Waals surface area contributed by atoms with Crippen LogP contribution in [0, 0.1) is 0 Å². The Morgan fingerprint density at radius 1 is 1.56 bits per heavy atom. The van der Waals surface area contributed by atoms with E-state index in [-0.39, 0.29) is 5.69 Å². The number of hydrogen-bond donors (Lipinski definition) is 0. The van der Waals surface area contributed by atoms with E-state index in [2.05, 4.69) is 9.94 Å². The zero-order valence-corrected chi connectivity index (χ0v) is 8.87. The zero-order valence-electron chi connectivity index (χ0n) is 8.87. The van der Waals surface area contributed by atoms with Crippen molar-refractivity contribution in [1.29, 1.82) is 0 Å². The number of rotatable bonds is 2. The van der Waals surface area contributed by atoms with E-state index in [1.54, 1.807) is 0 Å². The van der Waals surface area contributed by atoms with Crippen molar-refractivity contribution in [3.05, 3.63) is 17.5 Å². The molecule has 90 valence electrons. The second-order valence-corrected chi connectivity index (χ2v) is 3.02. The lowest BCUT2D eigenvalue weighted by atomic mass is 10.3. The Bertz CT molecular complexity index is 400. The summed E-state index contributed by atoms with van der Waals surface area (Å²) < 4.78 is 37.7. The summed E-state index contributed by atoms with van der Waals surface area (Å²) in [7, 11) is 3.79. The lowest BCUT2D eigenvalue weighted by molar-refractivity contribution is -0.141. The summed E-state index contributed by atoms with van der Waals surface area (Å²) in [6, 6.07) is 0.678. The highest BCUT2D eigenvalue weighted by molar-refractivity contribution is 5.91. The second-order valence-electron chi connectivity index (χ2n) is 3.02. The Kier molecular flexibility index (Phi) is 3.22. The van der Waals surface area contributed by atoms with E-state index >= 15 is 0 Å². The van der Waals surface area contributed by atoms with Gasteiger partial charge in [-0.05, 0) is 0 Å². The van der Waals surface area contributed by atoms with Crippen molar-refractivity contribution >= 4 is 5.91 Å². The Morgan fingerprint density at radius 3 is 2.50 bits per heavy atom. The molecule has 1 aromatic rings. The average molecular weight is 237 g/mol. The molecular weight excluding hydrogens is 227 g/mol. The van der Waals surface area contributed by atoms with Crippen molar-refractivity contribution in [2.75, 3.05) is 14.2 Å². The van der Waals surface area contributed by atoms with E-state index in [1.807, 2.05) is 0 Å². The van der Waals surface area contributed by atoms with Gasteiger partial charge in [-0.3, -0.25) is 14.3 Å². The van der Waals surface area contributed by atoms with Gasteiger partial charge in [-0.2, -0.15) is 18.3 Å². The van der Waals surface area contributed by atoms with Crippen LogP contribution in [0.1, 0.15) is 16.2 Å². The van der Waals surface area contributed by atoms with Gasteiger partial charge in [0, 0.05) is 20.2 Å². The summed E-state index contributed by atoms with van der Waals surface area (Å²) in [4.78, 5) is 16.1. The number of carbonyl (C=O) groups excluding carboxylic acids is 1. The first-order valence-corrected chi connectivity index (χ1v) is 4.20. The van der Waals surface area contributed by atoms with Crippen molar-refractivity contribution in [2.24, 2.45) is 7.05 Å². The molecule has 0 N–H and O–H groups in total. The highest BCUT2D eigenvalue weighted by Gasteiger charge is 2.35. The Balaban J connectivity index is 3.08. The smallest absolute Gasteiger partial charge is 0.274 e. The Morgan fingerprint density at radius 2 is 2.12 bits per heavy atom. The summed E-state index contributed by atoms with van der Waals surface area (Å²) >= 11 is 0. The maximum Gasteiger partial charge on any atom is 0.435 e. The average Bonchev–Trinajstić information content (AvgIpc) is 2.57. The largest absolute Gasteiger partial charge is 0.435 e. The predicted molar refractivity (Wildman–Crippen MR) is 47.3 cm³/mol. The van der Waals surface area contributed by atoms with Gasteiger partial charge in [-0.25, -0.2) is 5.06 Å². The first-order chi connectivity index (χ1) is 7.27. The molecule has 0 aliphatic carbocycles. The van der Waals surface area contributed by atoms with Gasteiger partial charge in [-0.15, -0.1) is 0 Å². The lowest BCUT2D eigenvalue weighted by Crippen LogP contribution is -2.27. The molecule has 8 heteroatoms. The van der Waals surface area contributed by atoms with E-state index in [9.17, 15) is 18.0 Å². The van der Waals surface area contributed by atoms with Gasteiger partial charge in [0.05, 0.1) is 7.11 Å². The number of aryl methyl sites for hydroxylation is 1. The molecule has 0 aliphatic rings. The molecule has 0 unspecified atom stereocenters. The molecule has 0 fully saturated rings. The van der Waals surface area contributed by atoms with Gasteiger partial charge in [0.2, 0.25) is 0 Å². The lowest BCUT2D eigenvalue weighted by Gasteiger charge is -2.12. The third kappa shape index (κ3) is 2.32. The fraction of sp³-hybridized carbons (Fsp3) is 0.500. The molecule has 1 amide bonds. The third-order valence-electron chi connectivity index (χ3n) is 1.95. The Labute approximate surface area is 89.3 Å². The van der Waals surface area contributed by atoms with Crippen LogP contribution in [0.2, 0.25) is 0 Å². The van der Waals surface area contributed by atoms with E-state index in [0.717, 1.165) is 9.75 Å². The van der Waals surface area contributed by atoms with Crippen LogP contribution in [0.15, 0.2) is 6.07 Å². The van der Waals surface area contributed by atoms with Gasteiger partial charge in [0.1, 0.15) is 5.69 Å². The summed E-state index contributed by atoms with van der Waals surface area (Å²) in [6.45, 7) is 0. The fourth-order valence-electron chi connectivity index (χ4n) is 1.05. The maximum atomic E-state index is 12.3. The van der Waals surface area contributed by atoms with Crippen LogP contribution in [0.3, 0.4) is 0 Å². The van der Waals surface area contributed by atoms with Crippen LogP contribution in [0.25, 0.3) is 0 Å². The molecule has 1 rings (SSSR count). The van der Waals surface area contributed by atoms with Crippen LogP contribution in [0.5, 0.6) is 0 Å². The number of hydrogen-bond acceptors (Lipinski definition) is 3. The molecule has 0 spiro atoms. The van der Waals surface area contributed by atoms with Gasteiger partial charge in [0.25, 0.3) is 5.91 Å². The fourth-order valence-corrected chi connectivity index (χ4v) is 1.05. The first-order valence-electron chi connectivity index (χ1n) is 4.20. The van der Waals surface area contributed by atoms with Crippen molar-refractivity contribution < 1.29 is 22.8 Å². The van der Waals surface area contributed by atoms with Crippen molar-refractivity contribution in [3.8, 4) is 0 Å². The summed E-state index contributed by atoms with van der Waals surface area (Å²) in [5.74, 6) is -0.701. The quantitative estimate of drug-likeness (QED) is 0.723. The van der Waals surface area contributed by atoms with Crippen molar-refractivity contribution in [3.63, 3.8) is 0 Å². The molecule has 16 heavy (non-hydrogen) atoms. The molecule has 1 aromatic heterocycles. The monoisotopic (exact) mass is 237 g/mol. The second kappa shape index (κ2) is 4.12. The van der Waals surface area contributed by atoms with E-state index in [0.29, 0.717) is 6.07 Å². The van der Waals surface area contributed by atoms with Crippen LogP contribution < -0.4 is 0 Å². The van der Waals surface area contributed by atoms with Gasteiger partial charge < -0.3 is 0 Å². The molecular formula is C8H10F3N3O2. The molecule has 1 heterocycles. The number of hydroxylamine groups is 2. The van der Waals surface area contributed by atoms with E-state index in [1.165, 1.54) is 21.2 Å². The van der Waals surface area contributed by atoms with Crippen LogP contribution in [0.4, 0.5) is 13.2 Å². The van der Waals surface area contributed by atoms with Gasteiger partial charge in [0.15, 0.2) is 5.69 Å². The molecule has 0 atom stereocenters. The third-order valence-corrected chi connectivity index (χ3v) is 1.95. The minimum absolute atomic E-state index is 0.198. The van der Waals surface area contributed by atoms with Crippen LogP contribution in [-0.2, 0) is 18.1 Å². The summed E-state index contributed by atoms with van der Waals surface area (Å²) in [5, 5.41) is 4.02. The number of halogens is 3. The first kappa shape index (κ1) is 12.5. The SMILES string of the molecule is CON(C)C(=O)c1cc(C(F)(F)F)nn1C. The normalized spacial score (nSPS) is 11.6. The number of nitrogens with zero attached hydrogens (tertiary/aromatic N) is 3. The summed E-state index contributed by atoms with van der Waals surface area (Å²) in [6.07, 6.45) is -4.57. The molecule has 0 saturated heterocycles. The zero-order chi connectivity index (χ0) is 12.5.